The summed E-state index contributed by atoms with van der Waals surface area (Å²) in [6.07, 6.45) is 1.48. The molecule has 0 aliphatic heterocycles. The first kappa shape index (κ1) is 25.5. The number of aliphatic hydroxyl groups excluding tert-OH is 1. The van der Waals surface area contributed by atoms with E-state index < -0.39 is 20.6 Å². The summed E-state index contributed by atoms with van der Waals surface area (Å²) in [5.41, 5.74) is 4.03. The Morgan fingerprint density at radius 2 is 1.83 bits per heavy atom. The number of hydrogen-bond donors (Lipinski definition) is 3. The first-order valence-corrected chi connectivity index (χ1v) is 11.9. The Bertz CT molecular complexity index is 1310. The van der Waals surface area contributed by atoms with E-state index in [1.807, 2.05) is 36.2 Å². The number of hydrogen-bond acceptors (Lipinski definition) is 9. The van der Waals surface area contributed by atoms with Gasteiger partial charge in [0.05, 0.1) is 35.4 Å². The molecule has 0 spiro atoms. The number of nitrogens with zero attached hydrogens (tertiary/aromatic N) is 3. The maximum Gasteiger partial charge on any atom is 0.295 e. The van der Waals surface area contributed by atoms with Gasteiger partial charge in [0.1, 0.15) is 11.4 Å². The predicted octanol–water partition coefficient (Wildman–Crippen LogP) is 3.28. The number of ether oxygens (including phenoxy) is 1. The number of anilines is 3. The van der Waals surface area contributed by atoms with Gasteiger partial charge in [0, 0.05) is 25.3 Å². The van der Waals surface area contributed by atoms with E-state index >= 15 is 0 Å². The predicted molar refractivity (Wildman–Crippen MR) is 135 cm³/mol. The number of methoxy groups -OCH3 is 1. The average molecular weight is 500 g/mol. The van der Waals surface area contributed by atoms with Gasteiger partial charge in [-0.05, 0) is 42.0 Å². The van der Waals surface area contributed by atoms with Gasteiger partial charge in [0.2, 0.25) is 0 Å². The van der Waals surface area contributed by atoms with Gasteiger partial charge < -0.3 is 14.7 Å². The molecule has 0 fully saturated rings. The third-order valence-electron chi connectivity index (χ3n) is 5.00. The second-order valence-electron chi connectivity index (χ2n) is 7.35. The van der Waals surface area contributed by atoms with Crippen molar-refractivity contribution in [3.63, 3.8) is 0 Å². The van der Waals surface area contributed by atoms with Crippen LogP contribution in [0.4, 0.5) is 22.7 Å². The number of sulfonamides is 1. The van der Waals surface area contributed by atoms with Gasteiger partial charge in [-0.25, -0.2) is 8.42 Å². The molecule has 0 aliphatic rings. The molecule has 3 aromatic carbocycles. The molecule has 35 heavy (non-hydrogen) atoms. The Kier molecular flexibility index (Phi) is 8.23. The van der Waals surface area contributed by atoms with Crippen molar-refractivity contribution in [1.29, 1.82) is 0 Å². The van der Waals surface area contributed by atoms with Crippen LogP contribution >= 0.6 is 0 Å². The maximum atomic E-state index is 12.8. The molecule has 12 heteroatoms. The van der Waals surface area contributed by atoms with Crippen LogP contribution in [0.1, 0.15) is 5.56 Å². The molecule has 184 valence electrons. The highest BCUT2D eigenvalue weighted by Crippen LogP contribution is 2.30. The first-order chi connectivity index (χ1) is 16.7. The smallest absolute Gasteiger partial charge is 0.295 e. The van der Waals surface area contributed by atoms with Crippen LogP contribution in [0.25, 0.3) is 0 Å². The van der Waals surface area contributed by atoms with Crippen molar-refractivity contribution >= 4 is 39.0 Å². The van der Waals surface area contributed by atoms with Gasteiger partial charge in [-0.3, -0.25) is 20.3 Å². The Hall–Kier alpha value is -4.16. The number of nitro benzene ring substituents is 1. The molecule has 3 N–H and O–H groups in total. The van der Waals surface area contributed by atoms with Crippen LogP contribution in [-0.2, 0) is 10.0 Å². The highest BCUT2D eigenvalue weighted by atomic mass is 32.2. The zero-order valence-electron chi connectivity index (χ0n) is 19.1. The van der Waals surface area contributed by atoms with Crippen molar-refractivity contribution in [3.8, 4) is 5.75 Å². The van der Waals surface area contributed by atoms with Gasteiger partial charge in [-0.1, -0.05) is 24.3 Å². The quantitative estimate of drug-likeness (QED) is 0.207. The molecule has 0 unspecified atom stereocenters. The Morgan fingerprint density at radius 1 is 1.11 bits per heavy atom. The summed E-state index contributed by atoms with van der Waals surface area (Å²) in [6.45, 7) is 0.539. The van der Waals surface area contributed by atoms with Gasteiger partial charge in [0.25, 0.3) is 15.7 Å². The number of aliphatic hydroxyl groups is 1. The molecule has 0 heterocycles. The van der Waals surface area contributed by atoms with Crippen LogP contribution in [0.15, 0.2) is 76.7 Å². The van der Waals surface area contributed by atoms with Crippen molar-refractivity contribution < 1.29 is 23.2 Å². The molecular formula is C23H25N5O6S. The number of rotatable bonds is 11. The minimum absolute atomic E-state index is 0.0294. The zero-order chi connectivity index (χ0) is 25.4. The van der Waals surface area contributed by atoms with E-state index in [2.05, 4.69) is 15.2 Å². The molecule has 0 aromatic heterocycles. The largest absolute Gasteiger partial charge is 0.495 e. The molecule has 0 saturated heterocycles. The number of nitro groups is 1. The maximum absolute atomic E-state index is 12.8. The summed E-state index contributed by atoms with van der Waals surface area (Å²) >= 11 is 0. The lowest BCUT2D eigenvalue weighted by atomic mass is 10.2. The minimum Gasteiger partial charge on any atom is -0.495 e. The Labute approximate surface area is 202 Å². The number of nitrogens with one attached hydrogen (secondary N) is 2. The van der Waals surface area contributed by atoms with Crippen LogP contribution in [0.5, 0.6) is 5.75 Å². The van der Waals surface area contributed by atoms with Gasteiger partial charge in [0.15, 0.2) is 0 Å². The minimum atomic E-state index is -4.12. The number of para-hydroxylation sites is 2. The normalized spacial score (nSPS) is 11.3. The monoisotopic (exact) mass is 499 g/mol. The molecule has 3 aromatic rings. The van der Waals surface area contributed by atoms with E-state index in [1.165, 1.54) is 31.5 Å². The van der Waals surface area contributed by atoms with E-state index in [0.29, 0.717) is 12.3 Å². The van der Waals surface area contributed by atoms with Crippen LogP contribution in [0, 0.1) is 10.1 Å². The lowest BCUT2D eigenvalue weighted by Crippen LogP contribution is -2.20. The van der Waals surface area contributed by atoms with E-state index in [4.69, 9.17) is 9.84 Å². The molecule has 11 nitrogen and oxygen atoms in total. The molecular weight excluding hydrogens is 474 g/mol. The van der Waals surface area contributed by atoms with E-state index in [0.717, 1.165) is 17.3 Å². The fraction of sp³-hybridized carbons (Fsp3) is 0.174. The molecule has 3 rings (SSSR count). The average Bonchev–Trinajstić information content (AvgIpc) is 2.84. The lowest BCUT2D eigenvalue weighted by Gasteiger charge is -2.17. The van der Waals surface area contributed by atoms with E-state index in [9.17, 15) is 18.5 Å². The van der Waals surface area contributed by atoms with Crippen molar-refractivity contribution in [2.45, 2.75) is 4.90 Å². The fourth-order valence-corrected chi connectivity index (χ4v) is 4.22. The van der Waals surface area contributed by atoms with Crippen LogP contribution in [0.2, 0.25) is 0 Å². The highest BCUT2D eigenvalue weighted by molar-refractivity contribution is 7.92. The summed E-state index contributed by atoms with van der Waals surface area (Å²) in [5.74, 6) is 0.311. The van der Waals surface area contributed by atoms with Crippen molar-refractivity contribution in [3.05, 3.63) is 82.4 Å². The third-order valence-corrected chi connectivity index (χ3v) is 6.36. The van der Waals surface area contributed by atoms with E-state index in [-0.39, 0.29) is 22.9 Å². The number of likely N-dealkylation sites (N-methyl/N-ethyl adjacent to an activating group) is 1. The van der Waals surface area contributed by atoms with Crippen LogP contribution in [-0.4, -0.2) is 52.0 Å². The molecule has 0 saturated carbocycles. The lowest BCUT2D eigenvalue weighted by molar-refractivity contribution is -0.384. The van der Waals surface area contributed by atoms with Gasteiger partial charge >= 0.3 is 0 Å². The molecule has 0 amide bonds. The van der Waals surface area contributed by atoms with Crippen LogP contribution in [0.3, 0.4) is 0 Å². The first-order valence-electron chi connectivity index (χ1n) is 10.4. The van der Waals surface area contributed by atoms with Crippen molar-refractivity contribution in [2.24, 2.45) is 5.10 Å². The summed E-state index contributed by atoms with van der Waals surface area (Å²) < 4.78 is 33.2. The van der Waals surface area contributed by atoms with Crippen molar-refractivity contribution in [2.75, 3.05) is 42.4 Å². The molecule has 0 atom stereocenters. The highest BCUT2D eigenvalue weighted by Gasteiger charge is 2.22. The van der Waals surface area contributed by atoms with Crippen molar-refractivity contribution in [1.82, 2.24) is 0 Å². The standard InChI is InChI=1S/C23H25N5O6S/c1-27(13-14-29)18-9-7-17(8-10-18)16-24-25-20-12-11-19(15-22(20)28(30)31)35(32,33)26-21-5-3-4-6-23(21)34-2/h3-12,15-16,25-26,29H,13-14H2,1-2H3/b24-16+. The molecule has 0 aliphatic carbocycles. The topological polar surface area (TPSA) is 146 Å². The second-order valence-corrected chi connectivity index (χ2v) is 9.03. The summed E-state index contributed by atoms with van der Waals surface area (Å²) in [4.78, 5) is 12.5. The fourth-order valence-electron chi connectivity index (χ4n) is 3.13. The Balaban J connectivity index is 1.78. The Morgan fingerprint density at radius 3 is 2.49 bits per heavy atom. The summed E-state index contributed by atoms with van der Waals surface area (Å²) in [6, 6.07) is 17.2. The summed E-state index contributed by atoms with van der Waals surface area (Å²) in [5, 5.41) is 24.7. The SMILES string of the molecule is COc1ccccc1NS(=O)(=O)c1ccc(N/N=C/c2ccc(N(C)CCO)cc2)c([N+](=O)[O-])c1. The van der Waals surface area contributed by atoms with Gasteiger partial charge in [-0.2, -0.15) is 5.10 Å². The zero-order valence-corrected chi connectivity index (χ0v) is 19.9. The van der Waals surface area contributed by atoms with Gasteiger partial charge in [-0.15, -0.1) is 0 Å². The molecule has 0 radical (unpaired) electrons. The number of hydrazone groups is 1. The molecule has 0 bridgehead atoms. The van der Waals surface area contributed by atoms with Crippen LogP contribution < -0.4 is 19.8 Å². The third kappa shape index (κ3) is 6.46. The number of benzene rings is 3. The second kappa shape index (κ2) is 11.3. The summed E-state index contributed by atoms with van der Waals surface area (Å²) in [7, 11) is -0.855. The van der Waals surface area contributed by atoms with E-state index in [1.54, 1.807) is 18.2 Å².